The van der Waals surface area contributed by atoms with Crippen LogP contribution in [-0.4, -0.2) is 21.3 Å². The predicted octanol–water partition coefficient (Wildman–Crippen LogP) is 4.12. The molecule has 0 spiro atoms. The number of nitrogens with zero attached hydrogens (tertiary/aromatic N) is 3. The van der Waals surface area contributed by atoms with E-state index in [9.17, 15) is 4.79 Å². The molecule has 0 unspecified atom stereocenters. The van der Waals surface area contributed by atoms with Gasteiger partial charge in [0.05, 0.1) is 12.8 Å². The normalized spacial score (nSPS) is 11.0. The minimum Gasteiger partial charge on any atom is -0.496 e. The fourth-order valence-electron chi connectivity index (χ4n) is 2.93. The van der Waals surface area contributed by atoms with Crippen molar-refractivity contribution in [3.05, 3.63) is 82.0 Å². The largest absolute Gasteiger partial charge is 0.496 e. The third-order valence-corrected chi connectivity index (χ3v) is 4.63. The Morgan fingerprint density at radius 2 is 1.81 bits per heavy atom. The fourth-order valence-corrected chi connectivity index (χ4v) is 3.06. The summed E-state index contributed by atoms with van der Waals surface area (Å²) in [6.07, 6.45) is 3.35. The molecule has 0 N–H and O–H groups in total. The molecule has 130 valence electrons. The van der Waals surface area contributed by atoms with Crippen LogP contribution in [0.3, 0.4) is 0 Å². The lowest BCUT2D eigenvalue weighted by atomic mass is 10.1. The van der Waals surface area contributed by atoms with E-state index < -0.39 is 0 Å². The van der Waals surface area contributed by atoms with Crippen molar-refractivity contribution in [3.63, 3.8) is 0 Å². The average molecular weight is 366 g/mol. The van der Waals surface area contributed by atoms with Crippen LogP contribution in [0.2, 0.25) is 5.02 Å². The standard InChI is InChI=1S/C20H16ClN3O2/c1-13-3-8-17(10-19(13)26-2)23-12-22-24-11-15(9-18(24)20(23)25)14-4-6-16(21)7-5-14/h3-12H,1-2H3. The smallest absolute Gasteiger partial charge is 0.282 e. The van der Waals surface area contributed by atoms with Crippen LogP contribution in [0, 0.1) is 6.92 Å². The molecule has 4 aromatic rings. The Bertz CT molecular complexity index is 1160. The van der Waals surface area contributed by atoms with Gasteiger partial charge in [0.2, 0.25) is 0 Å². The first kappa shape index (κ1) is 16.4. The molecule has 0 aliphatic heterocycles. The Hall–Kier alpha value is -3.05. The van der Waals surface area contributed by atoms with Gasteiger partial charge >= 0.3 is 0 Å². The molecule has 0 fully saturated rings. The Morgan fingerprint density at radius 1 is 1.04 bits per heavy atom. The van der Waals surface area contributed by atoms with E-state index in [0.717, 1.165) is 22.4 Å². The Kier molecular flexibility index (Phi) is 4.01. The number of aryl methyl sites for hydroxylation is 1. The maximum atomic E-state index is 13.0. The van der Waals surface area contributed by atoms with E-state index in [0.29, 0.717) is 16.2 Å². The highest BCUT2D eigenvalue weighted by atomic mass is 35.5. The molecule has 26 heavy (non-hydrogen) atoms. The van der Waals surface area contributed by atoms with Crippen molar-refractivity contribution in [2.75, 3.05) is 7.11 Å². The van der Waals surface area contributed by atoms with E-state index in [2.05, 4.69) is 5.10 Å². The summed E-state index contributed by atoms with van der Waals surface area (Å²) < 4.78 is 8.46. The van der Waals surface area contributed by atoms with E-state index in [1.165, 1.54) is 10.9 Å². The summed E-state index contributed by atoms with van der Waals surface area (Å²) in [6, 6.07) is 14.9. The molecule has 0 saturated carbocycles. The van der Waals surface area contributed by atoms with Crippen LogP contribution in [0.1, 0.15) is 5.56 Å². The molecular formula is C20H16ClN3O2. The van der Waals surface area contributed by atoms with Crippen molar-refractivity contribution >= 4 is 17.1 Å². The number of hydrogen-bond acceptors (Lipinski definition) is 3. The molecule has 0 saturated heterocycles. The quantitative estimate of drug-likeness (QED) is 0.548. The Balaban J connectivity index is 1.85. The highest BCUT2D eigenvalue weighted by Gasteiger charge is 2.11. The van der Waals surface area contributed by atoms with Crippen LogP contribution in [0.15, 0.2) is 65.8 Å². The van der Waals surface area contributed by atoms with E-state index in [-0.39, 0.29) is 5.56 Å². The zero-order valence-corrected chi connectivity index (χ0v) is 15.1. The van der Waals surface area contributed by atoms with Crippen molar-refractivity contribution in [3.8, 4) is 22.6 Å². The lowest BCUT2D eigenvalue weighted by Crippen LogP contribution is -2.21. The van der Waals surface area contributed by atoms with Crippen molar-refractivity contribution in [2.45, 2.75) is 6.92 Å². The number of ether oxygens (including phenoxy) is 1. The molecule has 0 aliphatic carbocycles. The van der Waals surface area contributed by atoms with Crippen molar-refractivity contribution in [1.82, 2.24) is 14.2 Å². The SMILES string of the molecule is COc1cc(-n2cnn3cc(-c4ccc(Cl)cc4)cc3c2=O)ccc1C. The molecule has 6 heteroatoms. The van der Waals surface area contributed by atoms with Gasteiger partial charge in [0.15, 0.2) is 0 Å². The molecule has 2 aromatic carbocycles. The number of benzene rings is 2. The molecule has 4 rings (SSSR count). The minimum absolute atomic E-state index is 0.147. The maximum Gasteiger partial charge on any atom is 0.282 e. The molecule has 2 heterocycles. The molecule has 0 aliphatic rings. The zero-order valence-electron chi connectivity index (χ0n) is 14.3. The van der Waals surface area contributed by atoms with Gasteiger partial charge < -0.3 is 4.74 Å². The van der Waals surface area contributed by atoms with E-state index in [1.807, 2.05) is 61.7 Å². The lowest BCUT2D eigenvalue weighted by molar-refractivity contribution is 0.411. The second kappa shape index (κ2) is 6.35. The molecule has 0 amide bonds. The first-order valence-electron chi connectivity index (χ1n) is 8.08. The van der Waals surface area contributed by atoms with E-state index in [4.69, 9.17) is 16.3 Å². The summed E-state index contributed by atoms with van der Waals surface area (Å²) >= 11 is 5.95. The number of methoxy groups -OCH3 is 1. The van der Waals surface area contributed by atoms with Crippen LogP contribution >= 0.6 is 11.6 Å². The number of rotatable bonds is 3. The summed E-state index contributed by atoms with van der Waals surface area (Å²) in [4.78, 5) is 13.0. The Labute approximate surface area is 155 Å². The van der Waals surface area contributed by atoms with Gasteiger partial charge in [-0.15, -0.1) is 0 Å². The molecule has 5 nitrogen and oxygen atoms in total. The number of aromatic nitrogens is 3. The lowest BCUT2D eigenvalue weighted by Gasteiger charge is -2.09. The second-order valence-corrected chi connectivity index (χ2v) is 6.46. The van der Waals surface area contributed by atoms with Gasteiger partial charge in [0.1, 0.15) is 17.6 Å². The van der Waals surface area contributed by atoms with Crippen molar-refractivity contribution < 1.29 is 4.74 Å². The molecule has 0 atom stereocenters. The molecule has 0 radical (unpaired) electrons. The molecular weight excluding hydrogens is 350 g/mol. The van der Waals surface area contributed by atoms with Gasteiger partial charge in [-0.2, -0.15) is 5.10 Å². The summed E-state index contributed by atoms with van der Waals surface area (Å²) in [5, 5.41) is 5.05. The predicted molar refractivity (Wildman–Crippen MR) is 103 cm³/mol. The van der Waals surface area contributed by atoms with Gasteiger partial charge in [-0.3, -0.25) is 9.36 Å². The van der Waals surface area contributed by atoms with E-state index in [1.54, 1.807) is 11.6 Å². The maximum absolute atomic E-state index is 13.0. The highest BCUT2D eigenvalue weighted by molar-refractivity contribution is 6.30. The zero-order chi connectivity index (χ0) is 18.3. The van der Waals surface area contributed by atoms with Gasteiger partial charge in [-0.25, -0.2) is 4.52 Å². The monoisotopic (exact) mass is 365 g/mol. The van der Waals surface area contributed by atoms with Crippen molar-refractivity contribution in [2.24, 2.45) is 0 Å². The summed E-state index contributed by atoms with van der Waals surface area (Å²) in [5.74, 6) is 0.728. The van der Waals surface area contributed by atoms with Gasteiger partial charge in [0, 0.05) is 22.8 Å². The van der Waals surface area contributed by atoms with Crippen LogP contribution < -0.4 is 10.3 Å². The number of fused-ring (bicyclic) bond motifs is 1. The van der Waals surface area contributed by atoms with Crippen LogP contribution in [-0.2, 0) is 0 Å². The van der Waals surface area contributed by atoms with Crippen molar-refractivity contribution in [1.29, 1.82) is 0 Å². The second-order valence-electron chi connectivity index (χ2n) is 6.03. The van der Waals surface area contributed by atoms with Crippen LogP contribution in [0.5, 0.6) is 5.75 Å². The van der Waals surface area contributed by atoms with Gasteiger partial charge in [-0.1, -0.05) is 29.8 Å². The first-order chi connectivity index (χ1) is 12.6. The van der Waals surface area contributed by atoms with Crippen LogP contribution in [0.4, 0.5) is 0 Å². The number of hydrogen-bond donors (Lipinski definition) is 0. The number of halogens is 1. The fraction of sp³-hybridized carbons (Fsp3) is 0.100. The third-order valence-electron chi connectivity index (χ3n) is 4.38. The first-order valence-corrected chi connectivity index (χ1v) is 8.45. The van der Waals surface area contributed by atoms with Gasteiger partial charge in [-0.05, 0) is 42.3 Å². The Morgan fingerprint density at radius 3 is 2.54 bits per heavy atom. The third kappa shape index (κ3) is 2.76. The van der Waals surface area contributed by atoms with E-state index >= 15 is 0 Å². The van der Waals surface area contributed by atoms with Crippen LogP contribution in [0.25, 0.3) is 22.3 Å². The highest BCUT2D eigenvalue weighted by Crippen LogP contribution is 2.24. The summed E-state index contributed by atoms with van der Waals surface area (Å²) in [5.41, 5.74) is 3.95. The average Bonchev–Trinajstić information content (AvgIpc) is 3.08. The summed E-state index contributed by atoms with van der Waals surface area (Å²) in [7, 11) is 1.61. The summed E-state index contributed by atoms with van der Waals surface area (Å²) in [6.45, 7) is 1.96. The topological polar surface area (TPSA) is 48.5 Å². The molecule has 2 aromatic heterocycles. The minimum atomic E-state index is -0.147. The van der Waals surface area contributed by atoms with Gasteiger partial charge in [0.25, 0.3) is 5.56 Å². The molecule has 0 bridgehead atoms.